The van der Waals surface area contributed by atoms with Gasteiger partial charge in [-0.3, -0.25) is 0 Å². The van der Waals surface area contributed by atoms with Crippen molar-refractivity contribution in [2.45, 2.75) is 38.4 Å². The number of hydrogen-bond acceptors (Lipinski definition) is 1. The highest BCUT2D eigenvalue weighted by Gasteiger charge is 2.38. The lowest BCUT2D eigenvalue weighted by Gasteiger charge is -2.19. The van der Waals surface area contributed by atoms with Crippen LogP contribution in [0.4, 0.5) is 13.2 Å². The Labute approximate surface area is 93.5 Å². The molecule has 0 unspecified atom stereocenters. The summed E-state index contributed by atoms with van der Waals surface area (Å²) in [5, 5.41) is 0. The van der Waals surface area contributed by atoms with Gasteiger partial charge in [-0.15, -0.1) is 0 Å². The molecule has 2 N–H and O–H groups in total. The fraction of sp³-hybridized carbons (Fsp3) is 0.500. The molecule has 1 nitrogen and oxygen atoms in total. The van der Waals surface area contributed by atoms with Crippen molar-refractivity contribution >= 4 is 0 Å². The minimum absolute atomic E-state index is 0.198. The van der Waals surface area contributed by atoms with Gasteiger partial charge in [-0.25, -0.2) is 0 Å². The van der Waals surface area contributed by atoms with Crippen LogP contribution in [0.2, 0.25) is 0 Å². The molecule has 1 aromatic carbocycles. The van der Waals surface area contributed by atoms with Gasteiger partial charge in [0.25, 0.3) is 0 Å². The van der Waals surface area contributed by atoms with E-state index in [0.29, 0.717) is 12.0 Å². The zero-order valence-corrected chi connectivity index (χ0v) is 9.22. The van der Waals surface area contributed by atoms with E-state index >= 15 is 0 Å². The molecule has 4 heteroatoms. The molecular formula is C12H16F3N. The highest BCUT2D eigenvalue weighted by atomic mass is 19.4. The van der Waals surface area contributed by atoms with Gasteiger partial charge in [0.05, 0.1) is 0 Å². The first-order chi connectivity index (χ1) is 7.46. The van der Waals surface area contributed by atoms with Crippen LogP contribution in [0.25, 0.3) is 0 Å². The zero-order chi connectivity index (χ0) is 12.2. The third kappa shape index (κ3) is 3.23. The summed E-state index contributed by atoms with van der Waals surface area (Å²) >= 11 is 0. The van der Waals surface area contributed by atoms with E-state index in [1.54, 1.807) is 18.2 Å². The summed E-state index contributed by atoms with van der Waals surface area (Å²) in [4.78, 5) is 0. The normalized spacial score (nSPS) is 13.8. The molecule has 0 saturated heterocycles. The van der Waals surface area contributed by atoms with E-state index in [9.17, 15) is 13.2 Å². The summed E-state index contributed by atoms with van der Waals surface area (Å²) in [7, 11) is 0. The van der Waals surface area contributed by atoms with Crippen molar-refractivity contribution in [3.05, 3.63) is 35.4 Å². The van der Waals surface area contributed by atoms with Gasteiger partial charge < -0.3 is 5.73 Å². The Kier molecular flexibility index (Phi) is 4.35. The van der Waals surface area contributed by atoms with E-state index in [1.165, 1.54) is 6.07 Å². The van der Waals surface area contributed by atoms with Gasteiger partial charge in [0.15, 0.2) is 0 Å². The maximum Gasteiger partial charge on any atom is 0.407 e. The van der Waals surface area contributed by atoms with E-state index < -0.39 is 12.2 Å². The standard InChI is InChI=1S/C12H16F3N/c1-2-3-6-9-7-4-5-8-10(9)11(16)12(13,14)15/h4-5,7-8,11H,2-3,6,16H2,1H3/t11-/m0/s1. The molecule has 0 heterocycles. The third-order valence-corrected chi connectivity index (χ3v) is 2.54. The number of unbranched alkanes of at least 4 members (excludes halogenated alkanes) is 1. The lowest BCUT2D eigenvalue weighted by molar-refractivity contribution is -0.149. The minimum Gasteiger partial charge on any atom is -0.316 e. The lowest BCUT2D eigenvalue weighted by atomic mass is 9.97. The number of nitrogens with two attached hydrogens (primary N) is 1. The van der Waals surface area contributed by atoms with Crippen LogP contribution in [0, 0.1) is 0 Å². The monoisotopic (exact) mass is 231 g/mol. The summed E-state index contributed by atoms with van der Waals surface area (Å²) in [6.07, 6.45) is -1.89. The van der Waals surface area contributed by atoms with Crippen molar-refractivity contribution in [3.8, 4) is 0 Å². The summed E-state index contributed by atoms with van der Waals surface area (Å²) in [6, 6.07) is 4.65. The fourth-order valence-corrected chi connectivity index (χ4v) is 1.61. The predicted octanol–water partition coefficient (Wildman–Crippen LogP) is 3.59. The van der Waals surface area contributed by atoms with Crippen molar-refractivity contribution in [1.29, 1.82) is 0 Å². The third-order valence-electron chi connectivity index (χ3n) is 2.54. The van der Waals surface area contributed by atoms with E-state index in [-0.39, 0.29) is 5.56 Å². The largest absolute Gasteiger partial charge is 0.407 e. The first-order valence-corrected chi connectivity index (χ1v) is 5.37. The molecule has 0 bridgehead atoms. The first-order valence-electron chi connectivity index (χ1n) is 5.37. The summed E-state index contributed by atoms with van der Waals surface area (Å²) in [5.41, 5.74) is 6.12. The molecule has 0 spiro atoms. The number of benzene rings is 1. The molecule has 0 amide bonds. The Balaban J connectivity index is 2.94. The molecule has 0 radical (unpaired) electrons. The Hall–Kier alpha value is -1.03. The first kappa shape index (κ1) is 13.0. The minimum atomic E-state index is -4.37. The number of hydrogen-bond donors (Lipinski definition) is 1. The summed E-state index contributed by atoms with van der Waals surface area (Å²) in [6.45, 7) is 2.01. The quantitative estimate of drug-likeness (QED) is 0.841. The topological polar surface area (TPSA) is 26.0 Å². The van der Waals surface area contributed by atoms with Crippen molar-refractivity contribution in [1.82, 2.24) is 0 Å². The molecule has 0 saturated carbocycles. The van der Waals surface area contributed by atoms with Crippen LogP contribution in [-0.4, -0.2) is 6.18 Å². The van der Waals surface area contributed by atoms with E-state index in [0.717, 1.165) is 12.8 Å². The van der Waals surface area contributed by atoms with Crippen LogP contribution in [-0.2, 0) is 6.42 Å². The Morgan fingerprint density at radius 2 is 1.88 bits per heavy atom. The molecular weight excluding hydrogens is 215 g/mol. The highest BCUT2D eigenvalue weighted by Crippen LogP contribution is 2.32. The SMILES string of the molecule is CCCCc1ccccc1[C@H](N)C(F)(F)F. The van der Waals surface area contributed by atoms with Crippen LogP contribution in [0.5, 0.6) is 0 Å². The second-order valence-electron chi connectivity index (χ2n) is 3.82. The van der Waals surface area contributed by atoms with Crippen LogP contribution in [0.3, 0.4) is 0 Å². The van der Waals surface area contributed by atoms with Gasteiger partial charge in [-0.2, -0.15) is 13.2 Å². The predicted molar refractivity (Wildman–Crippen MR) is 58.0 cm³/mol. The van der Waals surface area contributed by atoms with Gasteiger partial charge in [0.2, 0.25) is 0 Å². The molecule has 90 valence electrons. The average Bonchev–Trinajstić information content (AvgIpc) is 2.24. The maximum atomic E-state index is 12.5. The molecule has 0 aliphatic rings. The fourth-order valence-electron chi connectivity index (χ4n) is 1.61. The lowest BCUT2D eigenvalue weighted by Crippen LogP contribution is -2.29. The van der Waals surface area contributed by atoms with Gasteiger partial charge in [-0.05, 0) is 24.0 Å². The number of aryl methyl sites for hydroxylation is 1. The van der Waals surface area contributed by atoms with Gasteiger partial charge in [-0.1, -0.05) is 37.6 Å². The van der Waals surface area contributed by atoms with Crippen molar-refractivity contribution in [2.24, 2.45) is 5.73 Å². The molecule has 0 aliphatic carbocycles. The molecule has 1 atom stereocenters. The van der Waals surface area contributed by atoms with Crippen molar-refractivity contribution in [2.75, 3.05) is 0 Å². The smallest absolute Gasteiger partial charge is 0.316 e. The zero-order valence-electron chi connectivity index (χ0n) is 9.22. The van der Waals surface area contributed by atoms with E-state index in [1.807, 2.05) is 6.92 Å². The molecule has 1 aromatic rings. The molecule has 0 aliphatic heterocycles. The second kappa shape index (κ2) is 5.34. The Morgan fingerprint density at radius 1 is 1.25 bits per heavy atom. The molecule has 0 fully saturated rings. The number of halogens is 3. The molecule has 1 rings (SSSR count). The van der Waals surface area contributed by atoms with Crippen molar-refractivity contribution in [3.63, 3.8) is 0 Å². The number of rotatable bonds is 4. The van der Waals surface area contributed by atoms with Crippen molar-refractivity contribution < 1.29 is 13.2 Å². The van der Waals surface area contributed by atoms with Gasteiger partial charge >= 0.3 is 6.18 Å². The molecule has 16 heavy (non-hydrogen) atoms. The van der Waals surface area contributed by atoms with Crippen LogP contribution >= 0.6 is 0 Å². The summed E-state index contributed by atoms with van der Waals surface area (Å²) < 4.78 is 37.5. The van der Waals surface area contributed by atoms with Crippen LogP contribution in [0.1, 0.15) is 36.9 Å². The maximum absolute atomic E-state index is 12.5. The van der Waals surface area contributed by atoms with Crippen LogP contribution in [0.15, 0.2) is 24.3 Å². The summed E-state index contributed by atoms with van der Waals surface area (Å²) in [5.74, 6) is 0. The van der Waals surface area contributed by atoms with Gasteiger partial charge in [0, 0.05) is 0 Å². The van der Waals surface area contributed by atoms with E-state index in [2.05, 4.69) is 0 Å². The average molecular weight is 231 g/mol. The Bertz CT molecular complexity index is 333. The van der Waals surface area contributed by atoms with E-state index in [4.69, 9.17) is 5.73 Å². The Morgan fingerprint density at radius 3 is 2.44 bits per heavy atom. The highest BCUT2D eigenvalue weighted by molar-refractivity contribution is 5.30. The second-order valence-corrected chi connectivity index (χ2v) is 3.82. The molecule has 0 aromatic heterocycles. The van der Waals surface area contributed by atoms with Gasteiger partial charge in [0.1, 0.15) is 6.04 Å². The number of alkyl halides is 3. The van der Waals surface area contributed by atoms with Crippen LogP contribution < -0.4 is 5.73 Å².